The van der Waals surface area contributed by atoms with E-state index in [2.05, 4.69) is 45.1 Å². The van der Waals surface area contributed by atoms with Crippen LogP contribution in [0.1, 0.15) is 44.2 Å². The molecule has 1 heterocycles. The van der Waals surface area contributed by atoms with Crippen LogP contribution in [0.15, 0.2) is 18.2 Å². The molecule has 0 aromatic heterocycles. The van der Waals surface area contributed by atoms with Crippen molar-refractivity contribution < 1.29 is 21.7 Å². The maximum absolute atomic E-state index is 12.9. The van der Waals surface area contributed by atoms with Gasteiger partial charge < -0.3 is 22.2 Å². The Kier molecular flexibility index (Phi) is 6.89. The van der Waals surface area contributed by atoms with Crippen LogP contribution < -0.4 is 17.7 Å². The summed E-state index contributed by atoms with van der Waals surface area (Å²) in [6.45, 7) is 11.8. The minimum atomic E-state index is 0. The summed E-state index contributed by atoms with van der Waals surface area (Å²) in [5.41, 5.74) is 3.28. The second kappa shape index (κ2) is 7.98. The molecule has 1 aliphatic rings. The number of nitrogens with one attached hydrogen (secondary N) is 1. The Balaban J connectivity index is 0.00000242. The first-order valence-electron chi connectivity index (χ1n) is 8.27. The van der Waals surface area contributed by atoms with Crippen LogP contribution in [-0.2, 0) is 4.79 Å². The number of para-hydroxylation sites is 1. The van der Waals surface area contributed by atoms with E-state index in [1.165, 1.54) is 12.8 Å². The number of amides is 1. The third-order valence-electron chi connectivity index (χ3n) is 5.17. The highest BCUT2D eigenvalue weighted by atomic mass is 35.5. The van der Waals surface area contributed by atoms with Gasteiger partial charge in [-0.2, -0.15) is 0 Å². The summed E-state index contributed by atoms with van der Waals surface area (Å²) in [6, 6.07) is 6.24. The molecule has 1 N–H and O–H groups in total. The summed E-state index contributed by atoms with van der Waals surface area (Å²) < 4.78 is 0.966. The molecule has 124 valence electrons. The number of quaternary nitrogens is 1. The number of likely N-dealkylation sites (tertiary alicyclic amines) is 1. The number of likely N-dealkylation sites (N-methyl/N-ethyl adjacent to an activating group) is 1. The maximum Gasteiger partial charge on any atom is 0.282 e. The van der Waals surface area contributed by atoms with E-state index in [-0.39, 0.29) is 24.4 Å². The highest BCUT2D eigenvalue weighted by molar-refractivity contribution is 5.95. The average molecular weight is 325 g/mol. The van der Waals surface area contributed by atoms with Crippen LogP contribution in [0, 0.1) is 13.8 Å². The van der Waals surface area contributed by atoms with Crippen molar-refractivity contribution in [2.75, 3.05) is 25.0 Å². The molecule has 1 unspecified atom stereocenters. The van der Waals surface area contributed by atoms with Crippen molar-refractivity contribution in [3.8, 4) is 0 Å². The van der Waals surface area contributed by atoms with E-state index in [1.807, 2.05) is 6.07 Å². The molecule has 1 aromatic rings. The van der Waals surface area contributed by atoms with Gasteiger partial charge in [0.25, 0.3) is 5.91 Å². The third-order valence-corrected chi connectivity index (χ3v) is 5.17. The van der Waals surface area contributed by atoms with Gasteiger partial charge in [0.15, 0.2) is 6.04 Å². The topological polar surface area (TPSA) is 29.1 Å². The van der Waals surface area contributed by atoms with E-state index in [1.54, 1.807) is 0 Å². The zero-order chi connectivity index (χ0) is 15.5. The van der Waals surface area contributed by atoms with Crippen molar-refractivity contribution in [1.29, 1.82) is 0 Å². The van der Waals surface area contributed by atoms with E-state index in [4.69, 9.17) is 0 Å². The van der Waals surface area contributed by atoms with Gasteiger partial charge in [0.2, 0.25) is 0 Å². The molecule has 1 aromatic carbocycles. The molecule has 0 spiro atoms. The molecule has 0 aliphatic carbocycles. The van der Waals surface area contributed by atoms with Crippen molar-refractivity contribution in [3.05, 3.63) is 29.3 Å². The molecule has 1 aliphatic heterocycles. The third kappa shape index (κ3) is 3.64. The van der Waals surface area contributed by atoms with Crippen LogP contribution in [-0.4, -0.2) is 36.1 Å². The van der Waals surface area contributed by atoms with E-state index in [9.17, 15) is 4.79 Å². The number of rotatable bonds is 5. The normalized spacial score (nSPS) is 17.6. The monoisotopic (exact) mass is 324 g/mol. The number of carbonyl (C=O) groups excluding carboxylic acids is 1. The lowest BCUT2D eigenvalue weighted by Crippen LogP contribution is -3.00. The van der Waals surface area contributed by atoms with Crippen molar-refractivity contribution in [3.63, 3.8) is 0 Å². The minimum Gasteiger partial charge on any atom is -1.00 e. The lowest BCUT2D eigenvalue weighted by atomic mass is 10.1. The number of nitrogens with zero attached hydrogens (tertiary/aromatic N) is 1. The molecular weight excluding hydrogens is 296 g/mol. The Morgan fingerprint density at radius 3 is 2.18 bits per heavy atom. The van der Waals surface area contributed by atoms with Crippen LogP contribution in [0.3, 0.4) is 0 Å². The summed E-state index contributed by atoms with van der Waals surface area (Å²) in [6.07, 6.45) is 3.41. The van der Waals surface area contributed by atoms with E-state index in [0.29, 0.717) is 0 Å². The number of anilines is 1. The lowest BCUT2D eigenvalue weighted by molar-refractivity contribution is -0.930. The molecular formula is C18H29ClN2O. The van der Waals surface area contributed by atoms with Crippen LogP contribution in [0.4, 0.5) is 5.69 Å². The molecule has 1 fully saturated rings. The van der Waals surface area contributed by atoms with Gasteiger partial charge in [-0.05, 0) is 31.9 Å². The van der Waals surface area contributed by atoms with Gasteiger partial charge in [-0.25, -0.2) is 0 Å². The second-order valence-corrected chi connectivity index (χ2v) is 6.37. The van der Waals surface area contributed by atoms with Gasteiger partial charge in [0.05, 0.1) is 19.6 Å². The van der Waals surface area contributed by atoms with Gasteiger partial charge in [0, 0.05) is 24.9 Å². The quantitative estimate of drug-likeness (QED) is 0.792. The van der Waals surface area contributed by atoms with E-state index >= 15 is 0 Å². The highest BCUT2D eigenvalue weighted by Crippen LogP contribution is 2.27. The number of hydrogen-bond donors (Lipinski definition) is 1. The maximum atomic E-state index is 12.9. The zero-order valence-electron chi connectivity index (χ0n) is 14.3. The number of benzene rings is 1. The standard InChI is InChI=1S/C18H28N2O.ClH/c1-5-16(20(6-2)12-7-8-13-20)18(21)19-17-14(3)10-9-11-15(17)4;/h9-11,16H,5-8,12-13H2,1-4H3;1H. The number of hydrogen-bond acceptors (Lipinski definition) is 1. The number of halogens is 1. The van der Waals surface area contributed by atoms with Crippen LogP contribution in [0.2, 0.25) is 0 Å². The first-order chi connectivity index (χ1) is 10.0. The fourth-order valence-corrected chi connectivity index (χ4v) is 3.85. The van der Waals surface area contributed by atoms with Gasteiger partial charge in [-0.1, -0.05) is 25.1 Å². The summed E-state index contributed by atoms with van der Waals surface area (Å²) in [5.74, 6) is 0.193. The molecule has 4 heteroatoms. The van der Waals surface area contributed by atoms with Gasteiger partial charge in [-0.3, -0.25) is 4.79 Å². The van der Waals surface area contributed by atoms with E-state index in [0.717, 1.165) is 47.4 Å². The van der Waals surface area contributed by atoms with Crippen LogP contribution in [0.5, 0.6) is 0 Å². The highest BCUT2D eigenvalue weighted by Gasteiger charge is 2.41. The summed E-state index contributed by atoms with van der Waals surface area (Å²) in [5, 5.41) is 3.21. The van der Waals surface area contributed by atoms with Gasteiger partial charge in [-0.15, -0.1) is 0 Å². The zero-order valence-corrected chi connectivity index (χ0v) is 15.0. The van der Waals surface area contributed by atoms with Crippen molar-refractivity contribution in [2.45, 2.75) is 53.0 Å². The van der Waals surface area contributed by atoms with Crippen LogP contribution >= 0.6 is 0 Å². The molecule has 1 atom stereocenters. The SMILES string of the molecule is CCC(C(=O)Nc1c(C)cccc1C)[N+]1(CC)CCCC1.[Cl-]. The van der Waals surface area contributed by atoms with Gasteiger partial charge in [0.1, 0.15) is 0 Å². The molecule has 1 saturated heterocycles. The van der Waals surface area contributed by atoms with Crippen molar-refractivity contribution >= 4 is 11.6 Å². The summed E-state index contributed by atoms with van der Waals surface area (Å²) in [4.78, 5) is 12.9. The summed E-state index contributed by atoms with van der Waals surface area (Å²) >= 11 is 0. The molecule has 2 rings (SSSR count). The molecule has 0 bridgehead atoms. The largest absolute Gasteiger partial charge is 1.00 e. The Labute approximate surface area is 141 Å². The van der Waals surface area contributed by atoms with Crippen molar-refractivity contribution in [2.24, 2.45) is 0 Å². The molecule has 0 radical (unpaired) electrons. The Bertz CT molecular complexity index is 490. The molecule has 1 amide bonds. The fraction of sp³-hybridized carbons (Fsp3) is 0.611. The Morgan fingerprint density at radius 2 is 1.73 bits per heavy atom. The van der Waals surface area contributed by atoms with E-state index < -0.39 is 0 Å². The Hall–Kier alpha value is -1.06. The minimum absolute atomic E-state index is 0. The first-order valence-corrected chi connectivity index (χ1v) is 8.27. The second-order valence-electron chi connectivity index (χ2n) is 6.37. The van der Waals surface area contributed by atoms with Gasteiger partial charge >= 0.3 is 0 Å². The summed E-state index contributed by atoms with van der Waals surface area (Å²) in [7, 11) is 0. The molecule has 22 heavy (non-hydrogen) atoms. The smallest absolute Gasteiger partial charge is 0.282 e. The van der Waals surface area contributed by atoms with Crippen LogP contribution in [0.25, 0.3) is 0 Å². The molecule has 0 saturated carbocycles. The predicted molar refractivity (Wildman–Crippen MR) is 88.4 cm³/mol. The fourth-order valence-electron chi connectivity index (χ4n) is 3.85. The average Bonchev–Trinajstić information content (AvgIpc) is 2.94. The Morgan fingerprint density at radius 1 is 1.18 bits per heavy atom. The lowest BCUT2D eigenvalue weighted by Gasteiger charge is -2.39. The predicted octanol–water partition coefficient (Wildman–Crippen LogP) is 0.655. The van der Waals surface area contributed by atoms with Crippen molar-refractivity contribution in [1.82, 2.24) is 0 Å². The number of carbonyl (C=O) groups is 1. The number of aryl methyl sites for hydroxylation is 2. The molecule has 3 nitrogen and oxygen atoms in total. The first kappa shape index (κ1) is 19.0.